The molecule has 1 aromatic heterocycles. The van der Waals surface area contributed by atoms with Crippen LogP contribution in [0.2, 0.25) is 5.02 Å². The van der Waals surface area contributed by atoms with Crippen molar-refractivity contribution in [1.82, 2.24) is 4.57 Å². The number of aromatic carboxylic acids is 1. The van der Waals surface area contributed by atoms with Crippen molar-refractivity contribution >= 4 is 17.6 Å². The predicted octanol–water partition coefficient (Wildman–Crippen LogP) is 3.67. The summed E-state index contributed by atoms with van der Waals surface area (Å²) in [4.78, 5) is 11.0. The van der Waals surface area contributed by atoms with Crippen molar-refractivity contribution in [2.24, 2.45) is 0 Å². The summed E-state index contributed by atoms with van der Waals surface area (Å²) >= 11 is 5.80. The summed E-state index contributed by atoms with van der Waals surface area (Å²) in [5.41, 5.74) is 1.37. The maximum Gasteiger partial charge on any atom is 0.352 e. The Morgan fingerprint density at radius 3 is 2.67 bits per heavy atom. The second kappa shape index (κ2) is 4.82. The van der Waals surface area contributed by atoms with Crippen molar-refractivity contribution in [3.05, 3.63) is 46.9 Å². The van der Waals surface area contributed by atoms with E-state index in [1.165, 1.54) is 18.2 Å². The van der Waals surface area contributed by atoms with E-state index in [4.69, 9.17) is 16.7 Å². The number of carbonyl (C=O) groups is 1. The number of carboxylic acids is 1. The van der Waals surface area contributed by atoms with E-state index in [1.54, 1.807) is 16.7 Å². The summed E-state index contributed by atoms with van der Waals surface area (Å²) in [6.45, 7) is 2.31. The van der Waals surface area contributed by atoms with Gasteiger partial charge in [0.2, 0.25) is 0 Å². The fourth-order valence-corrected chi connectivity index (χ4v) is 2.17. The van der Waals surface area contributed by atoms with Crippen LogP contribution in [0, 0.1) is 5.82 Å². The smallest absolute Gasteiger partial charge is 0.352 e. The van der Waals surface area contributed by atoms with Crippen LogP contribution in [0.5, 0.6) is 0 Å². The van der Waals surface area contributed by atoms with E-state index in [1.807, 2.05) is 6.92 Å². The van der Waals surface area contributed by atoms with Crippen LogP contribution in [-0.2, 0) is 6.54 Å². The lowest BCUT2D eigenvalue weighted by atomic mass is 10.1. The average Bonchev–Trinajstić information content (AvgIpc) is 2.70. The van der Waals surface area contributed by atoms with Crippen LogP contribution in [-0.4, -0.2) is 15.6 Å². The normalized spacial score (nSPS) is 10.6. The Bertz CT molecular complexity index is 587. The first-order valence-corrected chi connectivity index (χ1v) is 5.80. The summed E-state index contributed by atoms with van der Waals surface area (Å²) in [7, 11) is 0. The van der Waals surface area contributed by atoms with Gasteiger partial charge in [0.05, 0.1) is 0 Å². The Hall–Kier alpha value is -1.81. The summed E-state index contributed by atoms with van der Waals surface area (Å²) in [6.07, 6.45) is 0. The first-order chi connectivity index (χ1) is 8.52. The third kappa shape index (κ3) is 2.24. The molecule has 0 atom stereocenters. The zero-order valence-electron chi connectivity index (χ0n) is 9.65. The van der Waals surface area contributed by atoms with Crippen LogP contribution in [0.25, 0.3) is 11.3 Å². The Kier molecular flexibility index (Phi) is 3.39. The molecule has 18 heavy (non-hydrogen) atoms. The molecule has 1 heterocycles. The van der Waals surface area contributed by atoms with Gasteiger partial charge in [-0.25, -0.2) is 9.18 Å². The lowest BCUT2D eigenvalue weighted by molar-refractivity contribution is 0.0685. The second-order valence-corrected chi connectivity index (χ2v) is 4.25. The quantitative estimate of drug-likeness (QED) is 0.922. The first kappa shape index (κ1) is 12.6. The van der Waals surface area contributed by atoms with E-state index < -0.39 is 11.8 Å². The molecule has 1 aromatic carbocycles. The highest BCUT2D eigenvalue weighted by Gasteiger charge is 2.14. The molecule has 0 fully saturated rings. The van der Waals surface area contributed by atoms with Crippen molar-refractivity contribution in [1.29, 1.82) is 0 Å². The second-order valence-electron chi connectivity index (χ2n) is 3.81. The molecule has 0 aliphatic carbocycles. The van der Waals surface area contributed by atoms with E-state index >= 15 is 0 Å². The van der Waals surface area contributed by atoms with Crippen LogP contribution in [0.3, 0.4) is 0 Å². The van der Waals surface area contributed by atoms with Gasteiger partial charge < -0.3 is 9.67 Å². The highest BCUT2D eigenvalue weighted by atomic mass is 35.5. The molecule has 0 unspecified atom stereocenters. The zero-order chi connectivity index (χ0) is 13.3. The topological polar surface area (TPSA) is 42.2 Å². The van der Waals surface area contributed by atoms with Crippen LogP contribution in [0.1, 0.15) is 17.4 Å². The highest BCUT2D eigenvalue weighted by molar-refractivity contribution is 6.30. The van der Waals surface area contributed by atoms with Gasteiger partial charge in [-0.3, -0.25) is 0 Å². The van der Waals surface area contributed by atoms with Gasteiger partial charge in [-0.2, -0.15) is 0 Å². The lowest BCUT2D eigenvalue weighted by Crippen LogP contribution is -2.08. The minimum atomic E-state index is -1.01. The number of aromatic nitrogens is 1. The van der Waals surface area contributed by atoms with Gasteiger partial charge in [-0.05, 0) is 37.3 Å². The maximum atomic E-state index is 13.3. The van der Waals surface area contributed by atoms with E-state index in [0.717, 1.165) is 0 Å². The molecule has 0 saturated carbocycles. The number of benzene rings is 1. The van der Waals surface area contributed by atoms with Gasteiger partial charge in [0.1, 0.15) is 11.5 Å². The number of carboxylic acid groups (broad SMARTS) is 1. The number of hydrogen-bond acceptors (Lipinski definition) is 1. The van der Waals surface area contributed by atoms with E-state index in [-0.39, 0.29) is 10.7 Å². The molecule has 0 aliphatic heterocycles. The standard InChI is InChI=1S/C13H11ClFNO2/c1-2-16-11(3-4-12(16)13(17)18)8-5-9(14)7-10(15)6-8/h3-7H,2H2,1H3,(H,17,18). The molecule has 0 spiro atoms. The van der Waals surface area contributed by atoms with Crippen LogP contribution in [0.4, 0.5) is 4.39 Å². The van der Waals surface area contributed by atoms with Crippen molar-refractivity contribution in [2.75, 3.05) is 0 Å². The number of hydrogen-bond donors (Lipinski definition) is 1. The van der Waals surface area contributed by atoms with Gasteiger partial charge in [-0.15, -0.1) is 0 Å². The Morgan fingerprint density at radius 2 is 2.11 bits per heavy atom. The molecule has 0 radical (unpaired) electrons. The zero-order valence-corrected chi connectivity index (χ0v) is 10.4. The molecule has 0 aliphatic rings. The molecule has 1 N–H and O–H groups in total. The molecule has 94 valence electrons. The third-order valence-corrected chi connectivity index (χ3v) is 2.89. The van der Waals surface area contributed by atoms with Gasteiger partial charge >= 0.3 is 5.97 Å². The molecule has 5 heteroatoms. The summed E-state index contributed by atoms with van der Waals surface area (Å²) in [5.74, 6) is -1.45. The van der Waals surface area contributed by atoms with Crippen molar-refractivity contribution in [3.63, 3.8) is 0 Å². The van der Waals surface area contributed by atoms with Gasteiger partial charge in [0.25, 0.3) is 0 Å². The molecule has 3 nitrogen and oxygen atoms in total. The highest BCUT2D eigenvalue weighted by Crippen LogP contribution is 2.26. The monoisotopic (exact) mass is 267 g/mol. The molecule has 0 saturated heterocycles. The number of rotatable bonds is 3. The van der Waals surface area contributed by atoms with Crippen LogP contribution in [0.15, 0.2) is 30.3 Å². The maximum absolute atomic E-state index is 13.3. The fraction of sp³-hybridized carbons (Fsp3) is 0.154. The van der Waals surface area contributed by atoms with E-state index in [9.17, 15) is 9.18 Å². The van der Waals surface area contributed by atoms with Crippen LogP contribution >= 0.6 is 11.6 Å². The van der Waals surface area contributed by atoms with E-state index in [0.29, 0.717) is 17.8 Å². The van der Waals surface area contributed by atoms with Gasteiger partial charge in [0, 0.05) is 22.8 Å². The fourth-order valence-electron chi connectivity index (χ4n) is 1.95. The number of halogens is 2. The lowest BCUT2D eigenvalue weighted by Gasteiger charge is -2.09. The minimum absolute atomic E-state index is 0.174. The molecule has 0 amide bonds. The molecule has 0 bridgehead atoms. The van der Waals surface area contributed by atoms with E-state index in [2.05, 4.69) is 0 Å². The average molecular weight is 268 g/mol. The molecular formula is C13H11ClFNO2. The molecular weight excluding hydrogens is 257 g/mol. The summed E-state index contributed by atoms with van der Waals surface area (Å²) < 4.78 is 14.9. The number of nitrogens with zero attached hydrogens (tertiary/aromatic N) is 1. The molecule has 2 aromatic rings. The van der Waals surface area contributed by atoms with Crippen LogP contribution < -0.4 is 0 Å². The summed E-state index contributed by atoms with van der Waals surface area (Å²) in [5, 5.41) is 9.33. The van der Waals surface area contributed by atoms with Crippen molar-refractivity contribution in [2.45, 2.75) is 13.5 Å². The van der Waals surface area contributed by atoms with Gasteiger partial charge in [0.15, 0.2) is 0 Å². The van der Waals surface area contributed by atoms with Crippen molar-refractivity contribution in [3.8, 4) is 11.3 Å². The largest absolute Gasteiger partial charge is 0.477 e. The van der Waals surface area contributed by atoms with Gasteiger partial charge in [-0.1, -0.05) is 11.6 Å². The predicted molar refractivity (Wildman–Crippen MR) is 67.5 cm³/mol. The third-order valence-electron chi connectivity index (χ3n) is 2.67. The SMILES string of the molecule is CCn1c(C(=O)O)ccc1-c1cc(F)cc(Cl)c1. The Morgan fingerprint density at radius 1 is 1.39 bits per heavy atom. The Labute approximate surface area is 108 Å². The molecule has 2 rings (SSSR count). The Balaban J connectivity index is 2.60. The minimum Gasteiger partial charge on any atom is -0.477 e. The summed E-state index contributed by atoms with van der Waals surface area (Å²) in [6, 6.07) is 7.30. The van der Waals surface area contributed by atoms with Crippen molar-refractivity contribution < 1.29 is 14.3 Å². The first-order valence-electron chi connectivity index (χ1n) is 5.42.